The van der Waals surface area contributed by atoms with Crippen molar-refractivity contribution in [2.75, 3.05) is 20.2 Å². The Morgan fingerprint density at radius 2 is 2.33 bits per heavy atom. The van der Waals surface area contributed by atoms with Gasteiger partial charge < -0.3 is 15.0 Å². The number of carbonyl (C=O) groups is 2. The minimum absolute atomic E-state index is 0.00125. The highest BCUT2D eigenvalue weighted by molar-refractivity contribution is 5.90. The highest BCUT2D eigenvalue weighted by Crippen LogP contribution is 2.14. The molecule has 0 aliphatic carbocycles. The van der Waals surface area contributed by atoms with Crippen molar-refractivity contribution in [2.24, 2.45) is 0 Å². The Balaban J connectivity index is 1.86. The Hall–Kier alpha value is -1.10. The van der Waals surface area contributed by atoms with Gasteiger partial charge in [0.15, 0.2) is 0 Å². The molecule has 2 amide bonds. The highest BCUT2D eigenvalue weighted by Gasteiger charge is 2.33. The lowest BCUT2D eigenvalue weighted by atomic mass is 10.2. The summed E-state index contributed by atoms with van der Waals surface area (Å²) in [6, 6.07) is -0.341. The van der Waals surface area contributed by atoms with Crippen LogP contribution in [0.4, 0.5) is 0 Å². The average molecular weight is 212 g/mol. The molecule has 2 fully saturated rings. The molecule has 2 heterocycles. The fraction of sp³-hybridized carbons (Fsp3) is 0.800. The number of rotatable bonds is 2. The molecule has 5 heteroatoms. The van der Waals surface area contributed by atoms with Gasteiger partial charge in [0.05, 0.1) is 0 Å². The zero-order valence-electron chi connectivity index (χ0n) is 8.86. The van der Waals surface area contributed by atoms with E-state index in [-0.39, 0.29) is 24.0 Å². The zero-order valence-corrected chi connectivity index (χ0v) is 8.86. The Labute approximate surface area is 88.8 Å². The molecule has 0 radical (unpaired) electrons. The van der Waals surface area contributed by atoms with Crippen LogP contribution in [0, 0.1) is 0 Å². The quantitative estimate of drug-likeness (QED) is 0.672. The molecule has 2 atom stereocenters. The second-order valence-electron chi connectivity index (χ2n) is 4.11. The molecular formula is C10H16N2O3. The third-order valence-corrected chi connectivity index (χ3v) is 2.97. The van der Waals surface area contributed by atoms with Crippen LogP contribution in [0.25, 0.3) is 0 Å². The first-order chi connectivity index (χ1) is 7.18. The summed E-state index contributed by atoms with van der Waals surface area (Å²) < 4.78 is 5.25. The number of carbonyl (C=O) groups excluding carboxylic acids is 2. The van der Waals surface area contributed by atoms with Gasteiger partial charge in [0, 0.05) is 20.2 Å². The minimum Gasteiger partial charge on any atom is -0.368 e. The van der Waals surface area contributed by atoms with Crippen LogP contribution in [-0.4, -0.2) is 49.1 Å². The van der Waals surface area contributed by atoms with Crippen molar-refractivity contribution in [1.82, 2.24) is 10.2 Å². The van der Waals surface area contributed by atoms with Crippen LogP contribution < -0.4 is 5.32 Å². The van der Waals surface area contributed by atoms with Gasteiger partial charge in [-0.05, 0) is 19.3 Å². The lowest BCUT2D eigenvalue weighted by Gasteiger charge is -2.15. The minimum atomic E-state index is -0.344. The number of hydrogen-bond donors (Lipinski definition) is 1. The van der Waals surface area contributed by atoms with Gasteiger partial charge in [-0.1, -0.05) is 0 Å². The van der Waals surface area contributed by atoms with Crippen LogP contribution in [0.3, 0.4) is 0 Å². The van der Waals surface area contributed by atoms with Gasteiger partial charge in [0.1, 0.15) is 12.1 Å². The standard InChI is InChI=1S/C10H16N2O3/c1-12-5-4-7(10(12)14)11-9(13)8-3-2-6-15-8/h7-8H,2-6H2,1H3,(H,11,13). The van der Waals surface area contributed by atoms with Crippen molar-refractivity contribution in [3.05, 3.63) is 0 Å². The first-order valence-electron chi connectivity index (χ1n) is 5.35. The molecule has 2 aliphatic rings. The van der Waals surface area contributed by atoms with Crippen molar-refractivity contribution >= 4 is 11.8 Å². The predicted octanol–water partition coefficient (Wildman–Crippen LogP) is -0.488. The van der Waals surface area contributed by atoms with E-state index in [1.807, 2.05) is 0 Å². The smallest absolute Gasteiger partial charge is 0.249 e. The summed E-state index contributed by atoms with van der Waals surface area (Å²) in [4.78, 5) is 24.8. The van der Waals surface area contributed by atoms with E-state index in [9.17, 15) is 9.59 Å². The summed E-state index contributed by atoms with van der Waals surface area (Å²) in [6.07, 6.45) is 2.05. The number of likely N-dealkylation sites (tertiary alicyclic amines) is 1. The number of nitrogens with one attached hydrogen (secondary N) is 1. The van der Waals surface area contributed by atoms with Crippen LogP contribution >= 0.6 is 0 Å². The molecule has 0 saturated carbocycles. The lowest BCUT2D eigenvalue weighted by molar-refractivity contribution is -0.135. The molecule has 2 saturated heterocycles. The molecule has 15 heavy (non-hydrogen) atoms. The molecule has 5 nitrogen and oxygen atoms in total. The predicted molar refractivity (Wildman–Crippen MR) is 53.2 cm³/mol. The third kappa shape index (κ3) is 2.12. The maximum atomic E-state index is 11.6. The Kier molecular flexibility index (Phi) is 2.90. The molecule has 84 valence electrons. The van der Waals surface area contributed by atoms with E-state index >= 15 is 0 Å². The molecule has 0 aromatic heterocycles. The van der Waals surface area contributed by atoms with E-state index < -0.39 is 0 Å². The van der Waals surface area contributed by atoms with Crippen LogP contribution in [-0.2, 0) is 14.3 Å². The van der Waals surface area contributed by atoms with Crippen molar-refractivity contribution in [3.63, 3.8) is 0 Å². The van der Waals surface area contributed by atoms with Crippen molar-refractivity contribution in [2.45, 2.75) is 31.4 Å². The maximum absolute atomic E-state index is 11.6. The molecule has 0 aromatic carbocycles. The molecule has 0 aromatic rings. The lowest BCUT2D eigenvalue weighted by Crippen LogP contribution is -2.44. The summed E-state index contributed by atoms with van der Waals surface area (Å²) in [5.74, 6) is -0.137. The van der Waals surface area contributed by atoms with Crippen LogP contribution in [0.5, 0.6) is 0 Å². The molecule has 0 spiro atoms. The van der Waals surface area contributed by atoms with E-state index in [2.05, 4.69) is 5.32 Å². The number of likely N-dealkylation sites (N-methyl/N-ethyl adjacent to an activating group) is 1. The van der Waals surface area contributed by atoms with Gasteiger partial charge in [-0.15, -0.1) is 0 Å². The van der Waals surface area contributed by atoms with E-state index in [0.29, 0.717) is 13.0 Å². The second-order valence-corrected chi connectivity index (χ2v) is 4.11. The number of amides is 2. The van der Waals surface area contributed by atoms with Crippen molar-refractivity contribution in [3.8, 4) is 0 Å². The largest absolute Gasteiger partial charge is 0.368 e. The van der Waals surface area contributed by atoms with Gasteiger partial charge in [-0.25, -0.2) is 0 Å². The summed E-state index contributed by atoms with van der Waals surface area (Å²) in [5, 5.41) is 2.75. The second kappa shape index (κ2) is 4.18. The van der Waals surface area contributed by atoms with E-state index in [0.717, 1.165) is 19.4 Å². The van der Waals surface area contributed by atoms with Gasteiger partial charge >= 0.3 is 0 Å². The third-order valence-electron chi connectivity index (χ3n) is 2.97. The monoisotopic (exact) mass is 212 g/mol. The van der Waals surface area contributed by atoms with Crippen LogP contribution in [0.15, 0.2) is 0 Å². The molecule has 2 aliphatic heterocycles. The topological polar surface area (TPSA) is 58.6 Å². The van der Waals surface area contributed by atoms with Gasteiger partial charge in [-0.3, -0.25) is 9.59 Å². The fourth-order valence-electron chi connectivity index (χ4n) is 2.01. The average Bonchev–Trinajstić information content (AvgIpc) is 2.83. The zero-order chi connectivity index (χ0) is 10.8. The summed E-state index contributed by atoms with van der Waals surface area (Å²) >= 11 is 0. The first-order valence-corrected chi connectivity index (χ1v) is 5.35. The maximum Gasteiger partial charge on any atom is 0.249 e. The SMILES string of the molecule is CN1CCC(NC(=O)C2CCCO2)C1=O. The van der Waals surface area contributed by atoms with Gasteiger partial charge in [0.25, 0.3) is 0 Å². The Morgan fingerprint density at radius 1 is 1.53 bits per heavy atom. The normalized spacial score (nSPS) is 31.0. The number of nitrogens with zero attached hydrogens (tertiary/aromatic N) is 1. The van der Waals surface area contributed by atoms with E-state index in [4.69, 9.17) is 4.74 Å². The van der Waals surface area contributed by atoms with Gasteiger partial charge in [-0.2, -0.15) is 0 Å². The summed E-state index contributed by atoms with van der Waals surface area (Å²) in [5.41, 5.74) is 0. The molecule has 2 rings (SSSR count). The molecular weight excluding hydrogens is 196 g/mol. The Bertz CT molecular complexity index is 274. The number of ether oxygens (including phenoxy) is 1. The van der Waals surface area contributed by atoms with Crippen molar-refractivity contribution < 1.29 is 14.3 Å². The highest BCUT2D eigenvalue weighted by atomic mass is 16.5. The first kappa shape index (κ1) is 10.4. The van der Waals surface area contributed by atoms with Crippen molar-refractivity contribution in [1.29, 1.82) is 0 Å². The number of hydrogen-bond acceptors (Lipinski definition) is 3. The van der Waals surface area contributed by atoms with E-state index in [1.54, 1.807) is 11.9 Å². The van der Waals surface area contributed by atoms with Crippen LogP contribution in [0.1, 0.15) is 19.3 Å². The Morgan fingerprint density at radius 3 is 2.87 bits per heavy atom. The van der Waals surface area contributed by atoms with Crippen LogP contribution in [0.2, 0.25) is 0 Å². The van der Waals surface area contributed by atoms with E-state index in [1.165, 1.54) is 0 Å². The fourth-order valence-corrected chi connectivity index (χ4v) is 2.01. The van der Waals surface area contributed by atoms with Gasteiger partial charge in [0.2, 0.25) is 11.8 Å². The summed E-state index contributed by atoms with van der Waals surface area (Å²) in [7, 11) is 1.75. The summed E-state index contributed by atoms with van der Waals surface area (Å²) in [6.45, 7) is 1.37. The molecule has 0 bridgehead atoms. The molecule has 1 N–H and O–H groups in total. The molecule has 2 unspecified atom stereocenters.